The fraction of sp³-hybridized carbons (Fsp3) is 0.0909. The maximum Gasteiger partial charge on any atom is 0.340 e. The molecule has 0 bridgehead atoms. The molecule has 0 aliphatic heterocycles. The van der Waals surface area contributed by atoms with Crippen LogP contribution < -0.4 is 10.6 Å². The Balaban J connectivity index is 2.16. The van der Waals surface area contributed by atoms with Gasteiger partial charge in [0.15, 0.2) is 0 Å². The van der Waals surface area contributed by atoms with Gasteiger partial charge in [-0.3, -0.25) is 5.32 Å². The third kappa shape index (κ3) is 3.06. The lowest BCUT2D eigenvalue weighted by atomic mass is 10.1. The number of amides is 2. The standard InChI is InChI=1S/C11H9FN4O3S/c1-5-15-16-11(20-5)14-10(19)13-7-4-2-3-6(12)8(7)9(17)18/h2-4H,1H3,(H,17,18)(H2,13,14,16,19). The van der Waals surface area contributed by atoms with Crippen LogP contribution in [0.1, 0.15) is 15.4 Å². The van der Waals surface area contributed by atoms with Gasteiger partial charge in [-0.1, -0.05) is 17.4 Å². The normalized spacial score (nSPS) is 10.1. The van der Waals surface area contributed by atoms with Crippen LogP contribution in [0.15, 0.2) is 18.2 Å². The average molecular weight is 296 g/mol. The van der Waals surface area contributed by atoms with Gasteiger partial charge in [-0.2, -0.15) is 0 Å². The Bertz CT molecular complexity index is 673. The van der Waals surface area contributed by atoms with Crippen molar-refractivity contribution in [2.24, 2.45) is 0 Å². The van der Waals surface area contributed by atoms with Gasteiger partial charge in [-0.05, 0) is 19.1 Å². The fourth-order valence-electron chi connectivity index (χ4n) is 1.44. The number of carboxylic acid groups (broad SMARTS) is 1. The first kappa shape index (κ1) is 13.9. The molecule has 1 heterocycles. The topological polar surface area (TPSA) is 104 Å². The second kappa shape index (κ2) is 5.61. The van der Waals surface area contributed by atoms with Crippen molar-refractivity contribution in [2.75, 3.05) is 10.6 Å². The van der Waals surface area contributed by atoms with Gasteiger partial charge >= 0.3 is 12.0 Å². The summed E-state index contributed by atoms with van der Waals surface area (Å²) in [6, 6.07) is 2.86. The number of rotatable bonds is 3. The predicted octanol–water partition coefficient (Wildman–Crippen LogP) is 2.33. The molecule has 0 unspecified atom stereocenters. The molecule has 2 amide bonds. The highest BCUT2D eigenvalue weighted by Crippen LogP contribution is 2.20. The first-order valence-corrected chi connectivity index (χ1v) is 6.19. The van der Waals surface area contributed by atoms with Crippen molar-refractivity contribution in [3.63, 3.8) is 0 Å². The van der Waals surface area contributed by atoms with Gasteiger partial charge in [0, 0.05) is 0 Å². The van der Waals surface area contributed by atoms with E-state index < -0.39 is 23.4 Å². The Labute approximate surface area is 116 Å². The van der Waals surface area contributed by atoms with Crippen LogP contribution in [-0.4, -0.2) is 27.3 Å². The van der Waals surface area contributed by atoms with Gasteiger partial charge in [0.05, 0.1) is 5.69 Å². The summed E-state index contributed by atoms with van der Waals surface area (Å²) in [7, 11) is 0. The van der Waals surface area contributed by atoms with E-state index in [1.807, 2.05) is 0 Å². The number of benzene rings is 1. The summed E-state index contributed by atoms with van der Waals surface area (Å²) in [5.74, 6) is -2.40. The summed E-state index contributed by atoms with van der Waals surface area (Å²) in [4.78, 5) is 22.6. The van der Waals surface area contributed by atoms with Crippen molar-refractivity contribution in [2.45, 2.75) is 6.92 Å². The second-order valence-electron chi connectivity index (χ2n) is 3.67. The number of carbonyl (C=O) groups is 2. The van der Waals surface area contributed by atoms with E-state index in [4.69, 9.17) is 5.11 Å². The Kier molecular flexibility index (Phi) is 3.89. The van der Waals surface area contributed by atoms with E-state index in [0.29, 0.717) is 5.01 Å². The lowest BCUT2D eigenvalue weighted by molar-refractivity contribution is 0.0693. The lowest BCUT2D eigenvalue weighted by Crippen LogP contribution is -2.21. The van der Waals surface area contributed by atoms with E-state index in [-0.39, 0.29) is 10.8 Å². The van der Waals surface area contributed by atoms with E-state index in [1.54, 1.807) is 6.92 Å². The van der Waals surface area contributed by atoms with E-state index in [1.165, 1.54) is 12.1 Å². The first-order chi connectivity index (χ1) is 9.47. The second-order valence-corrected chi connectivity index (χ2v) is 4.85. The molecule has 0 saturated heterocycles. The van der Waals surface area contributed by atoms with Crippen LogP contribution in [0.5, 0.6) is 0 Å². The molecular weight excluding hydrogens is 287 g/mol. The molecule has 0 aliphatic rings. The largest absolute Gasteiger partial charge is 0.478 e. The molecule has 20 heavy (non-hydrogen) atoms. The number of aryl methyl sites for hydroxylation is 1. The number of urea groups is 1. The zero-order chi connectivity index (χ0) is 14.7. The summed E-state index contributed by atoms with van der Waals surface area (Å²) in [5, 5.41) is 21.9. The molecule has 0 atom stereocenters. The summed E-state index contributed by atoms with van der Waals surface area (Å²) in [6.45, 7) is 1.72. The Hall–Kier alpha value is -2.55. The zero-order valence-electron chi connectivity index (χ0n) is 10.2. The first-order valence-electron chi connectivity index (χ1n) is 5.37. The third-order valence-electron chi connectivity index (χ3n) is 2.22. The van der Waals surface area contributed by atoms with Gasteiger partial charge < -0.3 is 10.4 Å². The number of hydrogen-bond acceptors (Lipinski definition) is 5. The number of carbonyl (C=O) groups excluding carboxylic acids is 1. The van der Waals surface area contributed by atoms with Crippen molar-refractivity contribution >= 4 is 34.2 Å². The average Bonchev–Trinajstić information content (AvgIpc) is 2.74. The lowest BCUT2D eigenvalue weighted by Gasteiger charge is -2.08. The van der Waals surface area contributed by atoms with Crippen LogP contribution in [0.4, 0.5) is 20.0 Å². The molecule has 3 N–H and O–H groups in total. The summed E-state index contributed by atoms with van der Waals surface area (Å²) < 4.78 is 13.4. The molecule has 0 radical (unpaired) electrons. The molecule has 1 aromatic carbocycles. The van der Waals surface area contributed by atoms with Crippen LogP contribution in [0, 0.1) is 12.7 Å². The van der Waals surface area contributed by atoms with Crippen LogP contribution in [0.25, 0.3) is 0 Å². The maximum atomic E-state index is 13.4. The molecule has 104 valence electrons. The molecule has 2 rings (SSSR count). The van der Waals surface area contributed by atoms with E-state index >= 15 is 0 Å². The zero-order valence-corrected chi connectivity index (χ0v) is 11.0. The molecular formula is C11H9FN4O3S. The maximum absolute atomic E-state index is 13.4. The van der Waals surface area contributed by atoms with Crippen molar-refractivity contribution in [1.29, 1.82) is 0 Å². The predicted molar refractivity (Wildman–Crippen MR) is 70.6 cm³/mol. The Morgan fingerprint density at radius 3 is 2.65 bits per heavy atom. The number of nitrogens with zero attached hydrogens (tertiary/aromatic N) is 2. The Morgan fingerprint density at radius 1 is 1.30 bits per heavy atom. The highest BCUT2D eigenvalue weighted by atomic mass is 32.1. The summed E-state index contributed by atoms with van der Waals surface area (Å²) in [5.41, 5.74) is -0.743. The third-order valence-corrected chi connectivity index (χ3v) is 2.98. The number of anilines is 2. The van der Waals surface area contributed by atoms with Crippen LogP contribution in [0.2, 0.25) is 0 Å². The van der Waals surface area contributed by atoms with Crippen LogP contribution in [0.3, 0.4) is 0 Å². The number of nitrogens with one attached hydrogen (secondary N) is 2. The SMILES string of the molecule is Cc1nnc(NC(=O)Nc2cccc(F)c2C(=O)O)s1. The highest BCUT2D eigenvalue weighted by molar-refractivity contribution is 7.15. The van der Waals surface area contributed by atoms with E-state index in [2.05, 4.69) is 20.8 Å². The molecule has 9 heteroatoms. The smallest absolute Gasteiger partial charge is 0.340 e. The van der Waals surface area contributed by atoms with Gasteiger partial charge in [-0.25, -0.2) is 14.0 Å². The quantitative estimate of drug-likeness (QED) is 0.806. The van der Waals surface area contributed by atoms with Gasteiger partial charge in [0.1, 0.15) is 16.4 Å². The van der Waals surface area contributed by atoms with Crippen molar-refractivity contribution in [3.05, 3.63) is 34.6 Å². The molecule has 0 spiro atoms. The molecule has 7 nitrogen and oxygen atoms in total. The van der Waals surface area contributed by atoms with Gasteiger partial charge in [-0.15, -0.1) is 10.2 Å². The Morgan fingerprint density at radius 2 is 2.05 bits per heavy atom. The number of carboxylic acids is 1. The van der Waals surface area contributed by atoms with Crippen molar-refractivity contribution in [3.8, 4) is 0 Å². The number of halogens is 1. The van der Waals surface area contributed by atoms with Gasteiger partial charge in [0.25, 0.3) is 0 Å². The van der Waals surface area contributed by atoms with E-state index in [0.717, 1.165) is 17.4 Å². The molecule has 0 saturated carbocycles. The fourth-order valence-corrected chi connectivity index (χ4v) is 2.03. The van der Waals surface area contributed by atoms with Gasteiger partial charge in [0.2, 0.25) is 5.13 Å². The number of aromatic carboxylic acids is 1. The monoisotopic (exact) mass is 296 g/mol. The number of aromatic nitrogens is 2. The van der Waals surface area contributed by atoms with Crippen molar-refractivity contribution < 1.29 is 19.1 Å². The minimum atomic E-state index is -1.47. The highest BCUT2D eigenvalue weighted by Gasteiger charge is 2.17. The van der Waals surface area contributed by atoms with Crippen molar-refractivity contribution in [1.82, 2.24) is 10.2 Å². The van der Waals surface area contributed by atoms with E-state index in [9.17, 15) is 14.0 Å². The summed E-state index contributed by atoms with van der Waals surface area (Å²) >= 11 is 1.16. The molecule has 2 aromatic rings. The summed E-state index contributed by atoms with van der Waals surface area (Å²) in [6.07, 6.45) is 0. The van der Waals surface area contributed by atoms with Crippen LogP contribution >= 0.6 is 11.3 Å². The van der Waals surface area contributed by atoms with Crippen LogP contribution in [-0.2, 0) is 0 Å². The minimum Gasteiger partial charge on any atom is -0.478 e. The molecule has 0 aliphatic carbocycles. The molecule has 0 fully saturated rings. The molecule has 1 aromatic heterocycles. The number of hydrogen-bond donors (Lipinski definition) is 3. The minimum absolute atomic E-state index is 0.142.